The standard InChI is InChI=1S/C19H19N5O3.ClH/c1-24(2,3)19-15-11-14(25)7-4-12(15)5-9-17(19)22-21-13-6-8-16(20)18(10-13)23(26)27;/h4-11H,1-3H3,(H2-,20,22,25);1H. The summed E-state index contributed by atoms with van der Waals surface area (Å²) in [6.45, 7) is 0. The third-order valence-corrected chi connectivity index (χ3v) is 4.11. The highest BCUT2D eigenvalue weighted by molar-refractivity contribution is 5.99. The molecule has 0 amide bonds. The number of nitrogen functional groups attached to an aromatic ring is 1. The summed E-state index contributed by atoms with van der Waals surface area (Å²) in [6, 6.07) is 13.2. The quantitative estimate of drug-likeness (QED) is 0.227. The molecule has 0 unspecified atom stereocenters. The molecule has 9 heteroatoms. The summed E-state index contributed by atoms with van der Waals surface area (Å²) in [6.07, 6.45) is 0. The Balaban J connectivity index is 0.00000280. The van der Waals surface area contributed by atoms with Gasteiger partial charge in [-0.15, -0.1) is 5.11 Å². The highest BCUT2D eigenvalue weighted by atomic mass is 35.5. The summed E-state index contributed by atoms with van der Waals surface area (Å²) in [7, 11) is 5.98. The van der Waals surface area contributed by atoms with Crippen LogP contribution in [-0.4, -0.2) is 31.2 Å². The Morgan fingerprint density at radius 3 is 2.36 bits per heavy atom. The van der Waals surface area contributed by atoms with E-state index in [1.165, 1.54) is 12.1 Å². The number of quaternary nitrogens is 1. The van der Waals surface area contributed by atoms with Crippen LogP contribution in [0.2, 0.25) is 0 Å². The summed E-state index contributed by atoms with van der Waals surface area (Å²) in [5.74, 6) is 0.167. The minimum Gasteiger partial charge on any atom is -1.00 e. The van der Waals surface area contributed by atoms with Crippen LogP contribution < -0.4 is 22.6 Å². The van der Waals surface area contributed by atoms with Gasteiger partial charge in [-0.2, -0.15) is 5.11 Å². The zero-order chi connectivity index (χ0) is 19.8. The summed E-state index contributed by atoms with van der Waals surface area (Å²) in [4.78, 5) is 10.5. The van der Waals surface area contributed by atoms with E-state index >= 15 is 0 Å². The van der Waals surface area contributed by atoms with E-state index in [9.17, 15) is 15.2 Å². The van der Waals surface area contributed by atoms with E-state index in [0.29, 0.717) is 15.9 Å². The van der Waals surface area contributed by atoms with Gasteiger partial charge in [0.2, 0.25) is 0 Å². The fraction of sp³-hybridized carbons (Fsp3) is 0.158. The Hall–Kier alpha value is -3.23. The van der Waals surface area contributed by atoms with Crippen molar-refractivity contribution < 1.29 is 22.4 Å². The van der Waals surface area contributed by atoms with Gasteiger partial charge < -0.3 is 23.2 Å². The lowest BCUT2D eigenvalue weighted by Gasteiger charge is -2.26. The van der Waals surface area contributed by atoms with Crippen molar-refractivity contribution >= 4 is 39.2 Å². The first-order valence-corrected chi connectivity index (χ1v) is 8.20. The van der Waals surface area contributed by atoms with E-state index in [0.717, 1.165) is 16.5 Å². The van der Waals surface area contributed by atoms with Gasteiger partial charge >= 0.3 is 0 Å². The van der Waals surface area contributed by atoms with Crippen LogP contribution in [0.3, 0.4) is 0 Å². The van der Waals surface area contributed by atoms with E-state index in [1.54, 1.807) is 18.2 Å². The molecule has 0 heterocycles. The summed E-state index contributed by atoms with van der Waals surface area (Å²) >= 11 is 0. The van der Waals surface area contributed by atoms with Crippen molar-refractivity contribution in [3.8, 4) is 5.75 Å². The maximum absolute atomic E-state index is 11.0. The zero-order valence-electron chi connectivity index (χ0n) is 15.6. The van der Waals surface area contributed by atoms with Gasteiger partial charge in [0.1, 0.15) is 17.1 Å². The molecule has 0 bridgehead atoms. The number of rotatable bonds is 4. The second-order valence-corrected chi connectivity index (χ2v) is 7.05. The molecular formula is C19H20ClN5O3. The second kappa shape index (κ2) is 7.79. The third kappa shape index (κ3) is 4.19. The number of hydrogen-bond acceptors (Lipinski definition) is 6. The normalized spacial score (nSPS) is 11.5. The van der Waals surface area contributed by atoms with Crippen molar-refractivity contribution in [1.82, 2.24) is 4.48 Å². The van der Waals surface area contributed by atoms with E-state index in [4.69, 9.17) is 5.73 Å². The Labute approximate surface area is 168 Å². The molecule has 8 nitrogen and oxygen atoms in total. The molecule has 28 heavy (non-hydrogen) atoms. The van der Waals surface area contributed by atoms with Crippen LogP contribution >= 0.6 is 0 Å². The van der Waals surface area contributed by atoms with Gasteiger partial charge in [0, 0.05) is 11.5 Å². The Morgan fingerprint density at radius 2 is 1.71 bits per heavy atom. The van der Waals surface area contributed by atoms with E-state index in [-0.39, 0.29) is 29.5 Å². The van der Waals surface area contributed by atoms with Gasteiger partial charge in [0.05, 0.1) is 31.8 Å². The zero-order valence-corrected chi connectivity index (χ0v) is 16.4. The lowest BCUT2D eigenvalue weighted by atomic mass is 10.1. The first kappa shape index (κ1) is 21.1. The smallest absolute Gasteiger partial charge is 0.294 e. The molecule has 0 saturated carbocycles. The van der Waals surface area contributed by atoms with Crippen LogP contribution in [-0.2, 0) is 0 Å². The SMILES string of the molecule is C[N+](C)(C)c1c(N=Nc2ccc(N)c([N+](=O)[O-])c2)ccc2ccc(O)cc12.[Cl-]. The Kier molecular flexibility index (Phi) is 5.86. The summed E-state index contributed by atoms with van der Waals surface area (Å²) < 4.78 is 0.455. The average Bonchev–Trinajstić information content (AvgIpc) is 2.59. The predicted molar refractivity (Wildman–Crippen MR) is 107 cm³/mol. The second-order valence-electron chi connectivity index (χ2n) is 7.05. The number of azo groups is 1. The number of halogens is 1. The minimum atomic E-state index is -0.551. The number of nitrogens with two attached hydrogens (primary N) is 1. The lowest BCUT2D eigenvalue weighted by molar-refractivity contribution is -0.383. The average molecular weight is 402 g/mol. The number of anilines is 1. The molecule has 0 aliphatic carbocycles. The summed E-state index contributed by atoms with van der Waals surface area (Å²) in [5.41, 5.74) is 7.30. The van der Waals surface area contributed by atoms with E-state index < -0.39 is 4.92 Å². The summed E-state index contributed by atoms with van der Waals surface area (Å²) in [5, 5.41) is 31.2. The molecule has 0 fully saturated rings. The Morgan fingerprint density at radius 1 is 1.04 bits per heavy atom. The molecule has 146 valence electrons. The molecule has 0 saturated heterocycles. The van der Waals surface area contributed by atoms with Crippen LogP contribution in [0.5, 0.6) is 5.75 Å². The van der Waals surface area contributed by atoms with Crippen LogP contribution in [0.1, 0.15) is 0 Å². The molecule has 3 rings (SSSR count). The van der Waals surface area contributed by atoms with Crippen molar-refractivity contribution in [3.63, 3.8) is 0 Å². The van der Waals surface area contributed by atoms with Gasteiger partial charge in [-0.05, 0) is 35.7 Å². The van der Waals surface area contributed by atoms with Gasteiger partial charge in [-0.3, -0.25) is 14.6 Å². The topological polar surface area (TPSA) is 114 Å². The number of nitro groups is 1. The van der Waals surface area contributed by atoms with E-state index in [1.807, 2.05) is 39.3 Å². The molecule has 3 N–H and O–H groups in total. The fourth-order valence-electron chi connectivity index (χ4n) is 2.93. The fourth-order valence-corrected chi connectivity index (χ4v) is 2.93. The van der Waals surface area contributed by atoms with Crippen molar-refractivity contribution in [3.05, 3.63) is 58.6 Å². The first-order valence-electron chi connectivity index (χ1n) is 8.20. The molecule has 0 atom stereocenters. The maximum Gasteiger partial charge on any atom is 0.294 e. The predicted octanol–water partition coefficient (Wildman–Crippen LogP) is 1.65. The number of benzene rings is 3. The van der Waals surface area contributed by atoms with E-state index in [2.05, 4.69) is 10.2 Å². The largest absolute Gasteiger partial charge is 1.00 e. The number of hydrogen-bond donors (Lipinski definition) is 2. The van der Waals surface area contributed by atoms with Crippen LogP contribution in [0, 0.1) is 10.1 Å². The third-order valence-electron chi connectivity index (χ3n) is 4.11. The molecule has 0 aromatic heterocycles. The van der Waals surface area contributed by atoms with Gasteiger partial charge in [0.15, 0.2) is 5.69 Å². The van der Waals surface area contributed by atoms with Crippen molar-refractivity contribution in [2.45, 2.75) is 0 Å². The van der Waals surface area contributed by atoms with Gasteiger partial charge in [-0.25, -0.2) is 0 Å². The van der Waals surface area contributed by atoms with Crippen molar-refractivity contribution in [2.75, 3.05) is 26.9 Å². The van der Waals surface area contributed by atoms with Crippen LogP contribution in [0.4, 0.5) is 28.4 Å². The highest BCUT2D eigenvalue weighted by Gasteiger charge is 2.22. The molecule has 0 spiro atoms. The van der Waals surface area contributed by atoms with Gasteiger partial charge in [0.25, 0.3) is 5.69 Å². The molecule has 3 aromatic rings. The first-order chi connectivity index (χ1) is 12.7. The lowest BCUT2D eigenvalue weighted by Crippen LogP contribution is -3.00. The van der Waals surface area contributed by atoms with Crippen LogP contribution in [0.25, 0.3) is 10.8 Å². The number of aromatic hydroxyl groups is 1. The van der Waals surface area contributed by atoms with Crippen molar-refractivity contribution in [1.29, 1.82) is 0 Å². The molecule has 3 aromatic carbocycles. The van der Waals surface area contributed by atoms with Crippen molar-refractivity contribution in [2.24, 2.45) is 10.2 Å². The molecular weight excluding hydrogens is 382 g/mol. The number of nitro benzene ring substituents is 1. The van der Waals surface area contributed by atoms with Crippen LogP contribution in [0.15, 0.2) is 58.8 Å². The molecule has 0 radical (unpaired) electrons. The number of nitrogens with zero attached hydrogens (tertiary/aromatic N) is 4. The molecule has 0 aliphatic heterocycles. The Bertz CT molecular complexity index is 1080. The number of fused-ring (bicyclic) bond motifs is 1. The monoisotopic (exact) mass is 401 g/mol. The number of phenolic OH excluding ortho intramolecular Hbond substituents is 1. The molecule has 0 aliphatic rings. The maximum atomic E-state index is 11.0. The van der Waals surface area contributed by atoms with Gasteiger partial charge in [-0.1, -0.05) is 12.1 Å². The minimum absolute atomic E-state index is 0. The number of phenols is 1. The highest BCUT2D eigenvalue weighted by Crippen LogP contribution is 2.40.